The van der Waals surface area contributed by atoms with Crippen molar-refractivity contribution in [1.82, 2.24) is 9.97 Å². The smallest absolute Gasteiger partial charge is 0.870 e. The fourth-order valence-corrected chi connectivity index (χ4v) is 1.18. The molecule has 0 saturated carbocycles. The van der Waals surface area contributed by atoms with E-state index in [2.05, 4.69) is 9.97 Å². The molecule has 1 heterocycles. The van der Waals surface area contributed by atoms with Crippen molar-refractivity contribution in [2.75, 3.05) is 0 Å². The second-order valence-corrected chi connectivity index (χ2v) is 3.10. The Morgan fingerprint density at radius 3 is 2.65 bits per heavy atom. The predicted molar refractivity (Wildman–Crippen MR) is 57.2 cm³/mol. The van der Waals surface area contributed by atoms with Gasteiger partial charge in [-0.25, -0.2) is 4.98 Å². The van der Waals surface area contributed by atoms with Crippen LogP contribution in [-0.4, -0.2) is 20.6 Å². The summed E-state index contributed by atoms with van der Waals surface area (Å²) >= 11 is 5.59. The summed E-state index contributed by atoms with van der Waals surface area (Å²) in [5.74, 6) is 0.956. The van der Waals surface area contributed by atoms with Gasteiger partial charge in [0, 0.05) is 18.3 Å². The van der Waals surface area contributed by atoms with E-state index in [0.29, 0.717) is 11.6 Å². The minimum absolute atomic E-state index is 0. The van der Waals surface area contributed by atoms with Gasteiger partial charge in [0.1, 0.15) is 11.5 Å². The number of halogens is 1. The van der Waals surface area contributed by atoms with Gasteiger partial charge in [-0.2, -0.15) is 4.98 Å². The van der Waals surface area contributed by atoms with Gasteiger partial charge in [0.2, 0.25) is 11.2 Å². The Labute approximate surface area is 125 Å². The van der Waals surface area contributed by atoms with Crippen molar-refractivity contribution in [3.63, 3.8) is 0 Å². The minimum atomic E-state index is 0. The summed E-state index contributed by atoms with van der Waals surface area (Å²) in [6, 6.07) is 7.99. The number of hydrogen-bond acceptors (Lipinski definition) is 5. The number of ether oxygens (including phenoxy) is 1. The van der Waals surface area contributed by atoms with Crippen LogP contribution >= 0.6 is 11.6 Å². The van der Waals surface area contributed by atoms with Crippen LogP contribution in [0.5, 0.6) is 17.4 Å². The van der Waals surface area contributed by atoms with Crippen LogP contribution in [0.25, 0.3) is 0 Å². The predicted octanol–water partition coefficient (Wildman–Crippen LogP) is -0.545. The molecular weight excluding hydrogens is 255 g/mol. The Balaban J connectivity index is 0.00000128. The maximum absolute atomic E-state index is 9.21. The third kappa shape index (κ3) is 4.89. The second-order valence-electron chi connectivity index (χ2n) is 2.76. The molecule has 2 rings (SSSR count). The quantitative estimate of drug-likeness (QED) is 0.580. The minimum Gasteiger partial charge on any atom is -0.870 e. The van der Waals surface area contributed by atoms with Crippen LogP contribution in [0.1, 0.15) is 0 Å². The number of aromatic hydroxyl groups is 1. The van der Waals surface area contributed by atoms with Gasteiger partial charge in [-0.15, -0.1) is 0 Å². The normalized spacial score (nSPS) is 8.76. The van der Waals surface area contributed by atoms with Crippen molar-refractivity contribution in [2.24, 2.45) is 0 Å². The van der Waals surface area contributed by atoms with Crippen molar-refractivity contribution in [1.29, 1.82) is 0 Å². The Morgan fingerprint density at radius 2 is 2.00 bits per heavy atom. The fraction of sp³-hybridized carbons (Fsp3) is 0. The van der Waals surface area contributed by atoms with Crippen LogP contribution in [-0.2, 0) is 0 Å². The molecule has 0 amide bonds. The van der Waals surface area contributed by atoms with Crippen LogP contribution in [0.2, 0.25) is 5.28 Å². The topological polar surface area (TPSA) is 85.2 Å². The van der Waals surface area contributed by atoms with Gasteiger partial charge in [-0.1, -0.05) is 6.07 Å². The monoisotopic (exact) mass is 262 g/mol. The fourth-order valence-electron chi connectivity index (χ4n) is 1.04. The molecule has 2 N–H and O–H groups in total. The Bertz CT molecular complexity index is 441. The van der Waals surface area contributed by atoms with Gasteiger partial charge >= 0.3 is 29.6 Å². The van der Waals surface area contributed by atoms with E-state index >= 15 is 0 Å². The molecule has 1 aromatic carbocycles. The number of nitrogens with zero attached hydrogens (tertiary/aromatic N) is 2. The number of phenols is 1. The molecule has 17 heavy (non-hydrogen) atoms. The summed E-state index contributed by atoms with van der Waals surface area (Å²) < 4.78 is 5.34. The molecular formula is C10H8ClN2NaO3. The maximum Gasteiger partial charge on any atom is 1.00 e. The molecule has 7 heteroatoms. The molecule has 0 bridgehead atoms. The Morgan fingerprint density at radius 1 is 1.24 bits per heavy atom. The van der Waals surface area contributed by atoms with Crippen molar-refractivity contribution >= 4 is 11.6 Å². The SMILES string of the molecule is Oc1cccc(Oc2ccnc(Cl)n2)c1.[Na+].[OH-]. The molecule has 0 aliphatic carbocycles. The zero-order valence-electron chi connectivity index (χ0n) is 9.04. The van der Waals surface area contributed by atoms with Gasteiger partial charge in [0.05, 0.1) is 0 Å². The molecule has 5 nitrogen and oxygen atoms in total. The summed E-state index contributed by atoms with van der Waals surface area (Å²) in [4.78, 5) is 7.57. The van der Waals surface area contributed by atoms with E-state index in [9.17, 15) is 5.11 Å². The van der Waals surface area contributed by atoms with Crippen LogP contribution < -0.4 is 34.3 Å². The number of rotatable bonds is 2. The van der Waals surface area contributed by atoms with Crippen LogP contribution in [0, 0.1) is 0 Å². The zero-order valence-corrected chi connectivity index (χ0v) is 11.8. The third-order valence-electron chi connectivity index (χ3n) is 1.64. The molecule has 0 aliphatic rings. The number of hydrogen-bond donors (Lipinski definition) is 1. The van der Waals surface area contributed by atoms with Gasteiger partial charge < -0.3 is 15.3 Å². The summed E-state index contributed by atoms with van der Waals surface area (Å²) in [7, 11) is 0. The summed E-state index contributed by atoms with van der Waals surface area (Å²) in [6.45, 7) is 0. The van der Waals surface area contributed by atoms with Gasteiger partial charge in [0.25, 0.3) is 0 Å². The molecule has 0 saturated heterocycles. The van der Waals surface area contributed by atoms with Gasteiger partial charge in [0.15, 0.2) is 0 Å². The average molecular weight is 263 g/mol. The van der Waals surface area contributed by atoms with E-state index in [1.54, 1.807) is 24.3 Å². The molecule has 0 atom stereocenters. The van der Waals surface area contributed by atoms with E-state index in [0.717, 1.165) is 0 Å². The van der Waals surface area contributed by atoms with Crippen molar-refractivity contribution in [3.05, 3.63) is 41.8 Å². The van der Waals surface area contributed by atoms with E-state index in [-0.39, 0.29) is 46.1 Å². The molecule has 0 aliphatic heterocycles. The van der Waals surface area contributed by atoms with Crippen LogP contribution in [0.4, 0.5) is 0 Å². The van der Waals surface area contributed by atoms with E-state index in [1.807, 2.05) is 0 Å². The van der Waals surface area contributed by atoms with Crippen LogP contribution in [0.3, 0.4) is 0 Å². The van der Waals surface area contributed by atoms with Crippen molar-refractivity contribution in [3.8, 4) is 17.4 Å². The van der Waals surface area contributed by atoms with E-state index in [1.165, 1.54) is 12.3 Å². The molecule has 0 unspecified atom stereocenters. The molecule has 0 spiro atoms. The van der Waals surface area contributed by atoms with Crippen molar-refractivity contribution < 1.29 is 44.9 Å². The maximum atomic E-state index is 9.21. The first kappa shape index (κ1) is 16.1. The van der Waals surface area contributed by atoms with E-state index < -0.39 is 0 Å². The summed E-state index contributed by atoms with van der Waals surface area (Å²) in [6.07, 6.45) is 1.49. The van der Waals surface area contributed by atoms with Crippen LogP contribution in [0.15, 0.2) is 36.5 Å². The molecule has 2 aromatic rings. The number of aromatic nitrogens is 2. The third-order valence-corrected chi connectivity index (χ3v) is 1.82. The first-order valence-electron chi connectivity index (χ1n) is 4.19. The first-order valence-corrected chi connectivity index (χ1v) is 4.57. The largest absolute Gasteiger partial charge is 1.00 e. The average Bonchev–Trinajstić information content (AvgIpc) is 2.17. The standard InChI is InChI=1S/C10H7ClN2O2.Na.H2O/c11-10-12-5-4-9(13-10)15-8-3-1-2-7(14)6-8;;/h1-6,14H;;1H2/q;+1;/p-1. The van der Waals surface area contributed by atoms with Gasteiger partial charge in [-0.3, -0.25) is 0 Å². The molecule has 84 valence electrons. The molecule has 1 aromatic heterocycles. The summed E-state index contributed by atoms with van der Waals surface area (Å²) in [5.41, 5.74) is 0. The first-order chi connectivity index (χ1) is 7.24. The number of benzene rings is 1. The van der Waals surface area contributed by atoms with E-state index in [4.69, 9.17) is 16.3 Å². The summed E-state index contributed by atoms with van der Waals surface area (Å²) in [5, 5.41) is 9.33. The Kier molecular flexibility index (Phi) is 7.10. The van der Waals surface area contributed by atoms with Crippen molar-refractivity contribution in [2.45, 2.75) is 0 Å². The molecule has 0 radical (unpaired) electrons. The number of phenolic OH excluding ortho intramolecular Hbond substituents is 1. The Hall–Kier alpha value is -0.850. The zero-order chi connectivity index (χ0) is 10.7. The van der Waals surface area contributed by atoms with Gasteiger partial charge in [-0.05, 0) is 23.7 Å². The molecule has 0 fully saturated rings. The second kappa shape index (κ2) is 7.47.